The van der Waals surface area contributed by atoms with Crippen LogP contribution in [0.2, 0.25) is 0 Å². The van der Waals surface area contributed by atoms with Crippen molar-refractivity contribution in [3.63, 3.8) is 0 Å². The van der Waals surface area contributed by atoms with Crippen LogP contribution in [-0.2, 0) is 0 Å². The largest absolute Gasteiger partial charge is 0.494 e. The van der Waals surface area contributed by atoms with E-state index in [0.29, 0.717) is 5.92 Å². The third kappa shape index (κ3) is 3.38. The molecule has 0 amide bonds. The molecule has 0 heterocycles. The minimum atomic E-state index is 0.286. The molecule has 0 spiro atoms. The van der Waals surface area contributed by atoms with E-state index in [4.69, 9.17) is 16.3 Å². The Morgan fingerprint density at radius 3 is 2.88 bits per heavy atom. The first-order valence-corrected chi connectivity index (χ1v) is 7.11. The van der Waals surface area contributed by atoms with Gasteiger partial charge < -0.3 is 4.74 Å². The molecule has 17 heavy (non-hydrogen) atoms. The zero-order valence-corrected chi connectivity index (χ0v) is 11.2. The van der Waals surface area contributed by atoms with Crippen LogP contribution in [0.5, 0.6) is 5.75 Å². The van der Waals surface area contributed by atoms with E-state index in [-0.39, 0.29) is 5.38 Å². The zero-order chi connectivity index (χ0) is 12.1. The van der Waals surface area contributed by atoms with Crippen molar-refractivity contribution in [2.45, 2.75) is 50.3 Å². The van der Waals surface area contributed by atoms with Crippen LogP contribution in [0.1, 0.15) is 50.5 Å². The third-order valence-electron chi connectivity index (χ3n) is 3.53. The second-order valence-electron chi connectivity index (χ2n) is 4.77. The summed E-state index contributed by atoms with van der Waals surface area (Å²) in [6.45, 7) is 2.74. The van der Waals surface area contributed by atoms with Crippen molar-refractivity contribution < 1.29 is 4.74 Å². The topological polar surface area (TPSA) is 9.23 Å². The first-order chi connectivity index (χ1) is 8.31. The van der Waals surface area contributed by atoms with Gasteiger partial charge in [-0.3, -0.25) is 0 Å². The minimum Gasteiger partial charge on any atom is -0.494 e. The van der Waals surface area contributed by atoms with Crippen molar-refractivity contribution in [1.82, 2.24) is 0 Å². The molecule has 0 bridgehead atoms. The number of hydrogen-bond acceptors (Lipinski definition) is 1. The van der Waals surface area contributed by atoms with Crippen LogP contribution in [-0.4, -0.2) is 12.0 Å². The van der Waals surface area contributed by atoms with Gasteiger partial charge in [0.25, 0.3) is 0 Å². The van der Waals surface area contributed by atoms with Crippen LogP contribution in [0.4, 0.5) is 0 Å². The lowest BCUT2D eigenvalue weighted by Gasteiger charge is -2.20. The lowest BCUT2D eigenvalue weighted by Crippen LogP contribution is -2.11. The molecule has 1 aromatic rings. The highest BCUT2D eigenvalue weighted by molar-refractivity contribution is 6.21. The fraction of sp³-hybridized carbons (Fsp3) is 0.600. The molecule has 2 unspecified atom stereocenters. The standard InChI is InChI=1S/C15H21ClO/c1-2-17-13-8-6-7-12(11-13)14-9-4-3-5-10-15(14)16/h6-8,11,14-15H,2-5,9-10H2,1H3. The van der Waals surface area contributed by atoms with Crippen molar-refractivity contribution >= 4 is 11.6 Å². The minimum absolute atomic E-state index is 0.286. The SMILES string of the molecule is CCOc1cccc(C2CCCCCC2Cl)c1. The van der Waals surface area contributed by atoms with Crippen molar-refractivity contribution in [2.24, 2.45) is 0 Å². The summed E-state index contributed by atoms with van der Waals surface area (Å²) in [7, 11) is 0. The molecule has 1 aromatic carbocycles. The molecular weight excluding hydrogens is 232 g/mol. The molecule has 1 saturated carbocycles. The van der Waals surface area contributed by atoms with Crippen molar-refractivity contribution in [1.29, 1.82) is 0 Å². The number of alkyl halides is 1. The van der Waals surface area contributed by atoms with Gasteiger partial charge >= 0.3 is 0 Å². The fourth-order valence-electron chi connectivity index (χ4n) is 2.64. The number of ether oxygens (including phenoxy) is 1. The predicted molar refractivity (Wildman–Crippen MR) is 73.1 cm³/mol. The van der Waals surface area contributed by atoms with E-state index in [9.17, 15) is 0 Å². The van der Waals surface area contributed by atoms with Crippen molar-refractivity contribution in [3.8, 4) is 5.75 Å². The maximum absolute atomic E-state index is 6.51. The van der Waals surface area contributed by atoms with Gasteiger partial charge in [0.1, 0.15) is 5.75 Å². The second-order valence-corrected chi connectivity index (χ2v) is 5.33. The summed E-state index contributed by atoms with van der Waals surface area (Å²) in [5, 5.41) is 0.286. The van der Waals surface area contributed by atoms with Crippen LogP contribution in [0.3, 0.4) is 0 Å². The quantitative estimate of drug-likeness (QED) is 0.558. The predicted octanol–water partition coefficient (Wildman–Crippen LogP) is 4.74. The van der Waals surface area contributed by atoms with Gasteiger partial charge in [-0.1, -0.05) is 31.4 Å². The van der Waals surface area contributed by atoms with E-state index >= 15 is 0 Å². The molecular formula is C15H21ClO. The highest BCUT2D eigenvalue weighted by Gasteiger charge is 2.23. The zero-order valence-electron chi connectivity index (χ0n) is 10.5. The lowest BCUT2D eigenvalue weighted by atomic mass is 9.91. The summed E-state index contributed by atoms with van der Waals surface area (Å²) >= 11 is 6.51. The Kier molecular flexibility index (Phi) is 4.73. The van der Waals surface area contributed by atoms with Crippen LogP contribution >= 0.6 is 11.6 Å². The Hall–Kier alpha value is -0.690. The van der Waals surface area contributed by atoms with E-state index in [1.54, 1.807) is 0 Å². The number of hydrogen-bond donors (Lipinski definition) is 0. The Morgan fingerprint density at radius 1 is 1.24 bits per heavy atom. The first-order valence-electron chi connectivity index (χ1n) is 6.68. The Labute approximate surface area is 109 Å². The van der Waals surface area contributed by atoms with Gasteiger partial charge in [-0.25, -0.2) is 0 Å². The molecule has 0 N–H and O–H groups in total. The molecule has 2 heteroatoms. The molecule has 0 aliphatic heterocycles. The molecule has 1 aliphatic rings. The summed E-state index contributed by atoms with van der Waals surface area (Å²) in [6, 6.07) is 8.45. The van der Waals surface area contributed by atoms with E-state index in [2.05, 4.69) is 18.2 Å². The van der Waals surface area contributed by atoms with Crippen LogP contribution in [0.15, 0.2) is 24.3 Å². The highest BCUT2D eigenvalue weighted by atomic mass is 35.5. The number of benzene rings is 1. The summed E-state index contributed by atoms with van der Waals surface area (Å²) in [5.74, 6) is 1.47. The summed E-state index contributed by atoms with van der Waals surface area (Å²) < 4.78 is 5.56. The van der Waals surface area contributed by atoms with E-state index in [1.165, 1.54) is 31.2 Å². The van der Waals surface area contributed by atoms with E-state index in [0.717, 1.165) is 18.8 Å². The molecule has 2 atom stereocenters. The number of rotatable bonds is 3. The molecule has 0 aromatic heterocycles. The molecule has 0 radical (unpaired) electrons. The highest BCUT2D eigenvalue weighted by Crippen LogP contribution is 2.36. The Bertz CT molecular complexity index is 351. The molecule has 1 fully saturated rings. The number of halogens is 1. The van der Waals surface area contributed by atoms with Gasteiger partial charge in [0.2, 0.25) is 0 Å². The fourth-order valence-corrected chi connectivity index (χ4v) is 3.07. The third-order valence-corrected chi connectivity index (χ3v) is 4.05. The van der Waals surface area contributed by atoms with E-state index in [1.807, 2.05) is 13.0 Å². The Balaban J connectivity index is 2.16. The Morgan fingerprint density at radius 2 is 2.06 bits per heavy atom. The summed E-state index contributed by atoms with van der Waals surface area (Å²) in [6.07, 6.45) is 6.25. The van der Waals surface area contributed by atoms with Gasteiger partial charge in [-0.2, -0.15) is 0 Å². The van der Waals surface area contributed by atoms with Crippen LogP contribution < -0.4 is 4.74 Å². The summed E-state index contributed by atoms with van der Waals surface area (Å²) in [4.78, 5) is 0. The average molecular weight is 253 g/mol. The smallest absolute Gasteiger partial charge is 0.119 e. The van der Waals surface area contributed by atoms with Crippen molar-refractivity contribution in [3.05, 3.63) is 29.8 Å². The normalized spacial score (nSPS) is 25.3. The maximum atomic E-state index is 6.51. The van der Waals surface area contributed by atoms with Gasteiger partial charge in [-0.15, -0.1) is 11.6 Å². The van der Waals surface area contributed by atoms with Gasteiger partial charge in [0, 0.05) is 11.3 Å². The lowest BCUT2D eigenvalue weighted by molar-refractivity contribution is 0.339. The molecule has 1 nitrogen and oxygen atoms in total. The summed E-state index contributed by atoms with van der Waals surface area (Å²) in [5.41, 5.74) is 1.35. The van der Waals surface area contributed by atoms with Crippen molar-refractivity contribution in [2.75, 3.05) is 6.61 Å². The second kappa shape index (κ2) is 6.30. The molecule has 0 saturated heterocycles. The molecule has 94 valence electrons. The van der Waals surface area contributed by atoms with E-state index < -0.39 is 0 Å². The monoisotopic (exact) mass is 252 g/mol. The first kappa shape index (κ1) is 12.8. The van der Waals surface area contributed by atoms with Gasteiger partial charge in [0.15, 0.2) is 0 Å². The molecule has 2 rings (SSSR count). The van der Waals surface area contributed by atoms with Crippen LogP contribution in [0.25, 0.3) is 0 Å². The maximum Gasteiger partial charge on any atom is 0.119 e. The van der Waals surface area contributed by atoms with Gasteiger partial charge in [0.05, 0.1) is 6.61 Å². The van der Waals surface area contributed by atoms with Crippen LogP contribution in [0, 0.1) is 0 Å². The average Bonchev–Trinajstić information content (AvgIpc) is 2.55. The molecule has 1 aliphatic carbocycles. The van der Waals surface area contributed by atoms with Gasteiger partial charge in [-0.05, 0) is 37.5 Å².